The largest absolute Gasteiger partial charge is 0.492 e. The van der Waals surface area contributed by atoms with E-state index in [4.69, 9.17) is 4.74 Å². The quantitative estimate of drug-likeness (QED) is 0.800. The number of aryl methyl sites for hydroxylation is 1. The highest BCUT2D eigenvalue weighted by molar-refractivity contribution is 5.38. The lowest BCUT2D eigenvalue weighted by atomic mass is 9.86. The second-order valence-electron chi connectivity index (χ2n) is 7.44. The molecule has 1 saturated carbocycles. The Kier molecular flexibility index (Phi) is 5.32. The van der Waals surface area contributed by atoms with E-state index in [0.29, 0.717) is 6.04 Å². The second-order valence-corrected chi connectivity index (χ2v) is 7.44. The molecule has 0 aliphatic heterocycles. The Morgan fingerprint density at radius 1 is 1.29 bits per heavy atom. The molecular formula is C19H31NO. The summed E-state index contributed by atoms with van der Waals surface area (Å²) in [5.41, 5.74) is 2.81. The Labute approximate surface area is 130 Å². The van der Waals surface area contributed by atoms with Crippen molar-refractivity contribution in [3.8, 4) is 5.75 Å². The molecule has 2 rings (SSSR count). The number of benzene rings is 1. The Hall–Kier alpha value is -1.02. The summed E-state index contributed by atoms with van der Waals surface area (Å²) in [5.74, 6) is 1.86. The molecule has 2 heteroatoms. The first-order chi connectivity index (χ1) is 9.91. The summed E-state index contributed by atoms with van der Waals surface area (Å²) in [4.78, 5) is 0. The average Bonchev–Trinajstić information content (AvgIpc) is 3.23. The van der Waals surface area contributed by atoms with Crippen LogP contribution in [0.1, 0.15) is 58.1 Å². The fourth-order valence-corrected chi connectivity index (χ4v) is 2.65. The third-order valence-electron chi connectivity index (χ3n) is 4.31. The van der Waals surface area contributed by atoms with E-state index in [1.807, 2.05) is 0 Å². The van der Waals surface area contributed by atoms with Crippen LogP contribution in [0.2, 0.25) is 0 Å². The molecule has 1 aromatic rings. The smallest absolute Gasteiger partial charge is 0.122 e. The van der Waals surface area contributed by atoms with Crippen molar-refractivity contribution in [1.82, 2.24) is 5.32 Å². The molecule has 0 spiro atoms. The Bertz CT molecular complexity index is 457. The van der Waals surface area contributed by atoms with E-state index in [1.165, 1.54) is 30.4 Å². The van der Waals surface area contributed by atoms with Crippen molar-refractivity contribution in [1.29, 1.82) is 0 Å². The van der Waals surface area contributed by atoms with Crippen molar-refractivity contribution >= 4 is 0 Å². The maximum atomic E-state index is 6.10. The lowest BCUT2D eigenvalue weighted by molar-refractivity contribution is 0.248. The molecule has 0 saturated heterocycles. The fraction of sp³-hybridized carbons (Fsp3) is 0.684. The van der Waals surface area contributed by atoms with E-state index in [-0.39, 0.29) is 5.41 Å². The van der Waals surface area contributed by atoms with Gasteiger partial charge >= 0.3 is 0 Å². The monoisotopic (exact) mass is 289 g/mol. The Morgan fingerprint density at radius 3 is 2.52 bits per heavy atom. The molecule has 1 aliphatic carbocycles. The van der Waals surface area contributed by atoms with Crippen molar-refractivity contribution in [3.63, 3.8) is 0 Å². The molecule has 1 atom stereocenters. The molecule has 0 bridgehead atoms. The van der Waals surface area contributed by atoms with Crippen LogP contribution in [0.25, 0.3) is 0 Å². The van der Waals surface area contributed by atoms with E-state index < -0.39 is 0 Å². The minimum atomic E-state index is 0.197. The van der Waals surface area contributed by atoms with Crippen LogP contribution in [0.5, 0.6) is 5.75 Å². The molecule has 0 aromatic heterocycles. The summed E-state index contributed by atoms with van der Waals surface area (Å²) in [7, 11) is 0. The van der Waals surface area contributed by atoms with Crippen LogP contribution in [0.15, 0.2) is 18.2 Å². The zero-order valence-electron chi connectivity index (χ0n) is 14.3. The standard InChI is InChI=1S/C19H31NO/c1-6-11-20-17(15-7-8-15)13-21-18-10-9-16(12-14(18)2)19(3,4)5/h9-10,12,15,17,20H,6-8,11,13H2,1-5H3. The summed E-state index contributed by atoms with van der Waals surface area (Å²) in [5, 5.41) is 3.63. The summed E-state index contributed by atoms with van der Waals surface area (Å²) in [6, 6.07) is 7.13. The van der Waals surface area contributed by atoms with Gasteiger partial charge in [0.2, 0.25) is 0 Å². The SMILES string of the molecule is CCCNC(COc1ccc(C(C)(C)C)cc1C)C1CC1. The molecule has 1 unspecified atom stereocenters. The van der Waals surface area contributed by atoms with Crippen molar-refractivity contribution in [2.45, 2.75) is 65.3 Å². The third kappa shape index (κ3) is 4.74. The zero-order chi connectivity index (χ0) is 15.5. The minimum absolute atomic E-state index is 0.197. The normalized spacial score (nSPS) is 16.8. The summed E-state index contributed by atoms with van der Waals surface area (Å²) in [6.07, 6.45) is 3.89. The molecule has 1 aliphatic rings. The van der Waals surface area contributed by atoms with Crippen molar-refractivity contribution < 1.29 is 4.74 Å². The van der Waals surface area contributed by atoms with E-state index >= 15 is 0 Å². The molecule has 0 heterocycles. The highest BCUT2D eigenvalue weighted by atomic mass is 16.5. The first-order valence-corrected chi connectivity index (χ1v) is 8.39. The van der Waals surface area contributed by atoms with Crippen molar-refractivity contribution in [2.75, 3.05) is 13.2 Å². The molecule has 118 valence electrons. The van der Waals surface area contributed by atoms with E-state index in [9.17, 15) is 0 Å². The van der Waals surface area contributed by atoms with Crippen molar-refractivity contribution in [2.24, 2.45) is 5.92 Å². The minimum Gasteiger partial charge on any atom is -0.492 e. The fourth-order valence-electron chi connectivity index (χ4n) is 2.65. The molecule has 21 heavy (non-hydrogen) atoms. The van der Waals surface area contributed by atoms with Gasteiger partial charge in [-0.25, -0.2) is 0 Å². The van der Waals surface area contributed by atoms with E-state index in [1.54, 1.807) is 0 Å². The van der Waals surface area contributed by atoms with Crippen LogP contribution >= 0.6 is 0 Å². The van der Waals surface area contributed by atoms with E-state index in [2.05, 4.69) is 58.1 Å². The van der Waals surface area contributed by atoms with Crippen LogP contribution < -0.4 is 10.1 Å². The van der Waals surface area contributed by atoms with Gasteiger partial charge in [0.05, 0.1) is 0 Å². The van der Waals surface area contributed by atoms with Gasteiger partial charge in [-0.05, 0) is 61.3 Å². The summed E-state index contributed by atoms with van der Waals surface area (Å²) in [6.45, 7) is 13.0. The number of rotatable bonds is 7. The lowest BCUT2D eigenvalue weighted by Crippen LogP contribution is -2.37. The molecule has 0 radical (unpaired) electrons. The second kappa shape index (κ2) is 6.83. The van der Waals surface area contributed by atoms with Gasteiger partial charge in [-0.15, -0.1) is 0 Å². The van der Waals surface area contributed by atoms with Gasteiger partial charge in [0.1, 0.15) is 12.4 Å². The highest BCUT2D eigenvalue weighted by Gasteiger charge is 2.31. The number of nitrogens with one attached hydrogen (secondary N) is 1. The number of hydrogen-bond donors (Lipinski definition) is 1. The van der Waals surface area contributed by atoms with Gasteiger partial charge < -0.3 is 10.1 Å². The third-order valence-corrected chi connectivity index (χ3v) is 4.31. The van der Waals surface area contributed by atoms with Gasteiger partial charge in [-0.3, -0.25) is 0 Å². The molecule has 2 nitrogen and oxygen atoms in total. The van der Waals surface area contributed by atoms with Crippen LogP contribution in [-0.4, -0.2) is 19.2 Å². The van der Waals surface area contributed by atoms with Gasteiger partial charge in [-0.2, -0.15) is 0 Å². The predicted molar refractivity (Wildman–Crippen MR) is 90.2 cm³/mol. The maximum Gasteiger partial charge on any atom is 0.122 e. The zero-order valence-corrected chi connectivity index (χ0v) is 14.3. The van der Waals surface area contributed by atoms with Crippen molar-refractivity contribution in [3.05, 3.63) is 29.3 Å². The lowest BCUT2D eigenvalue weighted by Gasteiger charge is -2.22. The average molecular weight is 289 g/mol. The van der Waals surface area contributed by atoms with Gasteiger partial charge in [-0.1, -0.05) is 39.8 Å². The number of hydrogen-bond acceptors (Lipinski definition) is 2. The highest BCUT2D eigenvalue weighted by Crippen LogP contribution is 2.33. The van der Waals surface area contributed by atoms with E-state index in [0.717, 1.165) is 24.8 Å². The van der Waals surface area contributed by atoms with Gasteiger partial charge in [0.15, 0.2) is 0 Å². The van der Waals surface area contributed by atoms with Crippen LogP contribution in [0.4, 0.5) is 0 Å². The first-order valence-electron chi connectivity index (χ1n) is 8.39. The number of ether oxygens (including phenoxy) is 1. The summed E-state index contributed by atoms with van der Waals surface area (Å²) < 4.78 is 6.10. The molecule has 1 fully saturated rings. The topological polar surface area (TPSA) is 21.3 Å². The summed E-state index contributed by atoms with van der Waals surface area (Å²) >= 11 is 0. The molecular weight excluding hydrogens is 258 g/mol. The van der Waals surface area contributed by atoms with Crippen LogP contribution in [0.3, 0.4) is 0 Å². The predicted octanol–water partition coefficient (Wildman–Crippen LogP) is 4.45. The molecule has 1 aromatic carbocycles. The van der Waals surface area contributed by atoms with Gasteiger partial charge in [0, 0.05) is 6.04 Å². The first kappa shape index (κ1) is 16.4. The van der Waals surface area contributed by atoms with Crippen LogP contribution in [-0.2, 0) is 5.41 Å². The Morgan fingerprint density at radius 2 is 2.00 bits per heavy atom. The molecule has 0 amide bonds. The van der Waals surface area contributed by atoms with Gasteiger partial charge in [0.25, 0.3) is 0 Å². The van der Waals surface area contributed by atoms with Crippen LogP contribution in [0, 0.1) is 12.8 Å². The molecule has 1 N–H and O–H groups in total. The Balaban J connectivity index is 1.96. The maximum absolute atomic E-state index is 6.10.